The Morgan fingerprint density at radius 3 is 2.59 bits per heavy atom. The topological polar surface area (TPSA) is 63.7 Å². The lowest BCUT2D eigenvalue weighted by molar-refractivity contribution is 0.102. The van der Waals surface area contributed by atoms with Gasteiger partial charge in [-0.3, -0.25) is 4.79 Å². The van der Waals surface area contributed by atoms with Crippen molar-refractivity contribution in [3.05, 3.63) is 71.9 Å². The highest BCUT2D eigenvalue weighted by Crippen LogP contribution is 2.30. The molecule has 1 N–H and O–H groups in total. The highest BCUT2D eigenvalue weighted by atomic mass is 16.5. The van der Waals surface area contributed by atoms with E-state index in [1.54, 1.807) is 50.7 Å². The van der Waals surface area contributed by atoms with E-state index in [-0.39, 0.29) is 5.91 Å². The summed E-state index contributed by atoms with van der Waals surface area (Å²) in [5.74, 6) is 1.65. The molecular formula is C23H25N3O3. The van der Waals surface area contributed by atoms with Crippen molar-refractivity contribution in [1.29, 1.82) is 0 Å². The average Bonchev–Trinajstić information content (AvgIpc) is 2.74. The molecule has 6 heteroatoms. The number of carbonyl (C=O) groups is 1. The third kappa shape index (κ3) is 4.66. The van der Waals surface area contributed by atoms with Gasteiger partial charge in [0.15, 0.2) is 0 Å². The van der Waals surface area contributed by atoms with Gasteiger partial charge >= 0.3 is 0 Å². The van der Waals surface area contributed by atoms with Crippen LogP contribution in [0.2, 0.25) is 0 Å². The van der Waals surface area contributed by atoms with Crippen molar-refractivity contribution in [2.75, 3.05) is 31.0 Å². The van der Waals surface area contributed by atoms with E-state index in [2.05, 4.69) is 41.2 Å². The number of nitrogens with one attached hydrogen (secondary N) is 1. The Balaban J connectivity index is 1.88. The minimum Gasteiger partial charge on any atom is -0.497 e. The van der Waals surface area contributed by atoms with Gasteiger partial charge in [-0.1, -0.05) is 12.1 Å². The van der Waals surface area contributed by atoms with Gasteiger partial charge in [-0.15, -0.1) is 0 Å². The number of nitrogens with zero attached hydrogens (tertiary/aromatic N) is 2. The smallest absolute Gasteiger partial charge is 0.255 e. The summed E-state index contributed by atoms with van der Waals surface area (Å²) in [6.45, 7) is 4.83. The molecule has 0 aliphatic rings. The lowest BCUT2D eigenvalue weighted by Gasteiger charge is -2.23. The normalized spacial score (nSPS) is 10.3. The third-order valence-corrected chi connectivity index (χ3v) is 4.57. The molecule has 0 aliphatic carbocycles. The highest BCUT2D eigenvalue weighted by molar-refractivity contribution is 6.05. The second-order valence-corrected chi connectivity index (χ2v) is 6.51. The molecule has 0 unspecified atom stereocenters. The number of hydrogen-bond donors (Lipinski definition) is 1. The number of pyridine rings is 1. The minimum atomic E-state index is -0.250. The van der Waals surface area contributed by atoms with Crippen LogP contribution in [0.15, 0.2) is 60.8 Å². The third-order valence-electron chi connectivity index (χ3n) is 4.57. The molecule has 0 spiro atoms. The number of aryl methyl sites for hydroxylation is 1. The summed E-state index contributed by atoms with van der Waals surface area (Å²) in [6, 6.07) is 16.9. The molecule has 2 aromatic carbocycles. The summed E-state index contributed by atoms with van der Waals surface area (Å²) >= 11 is 0. The maximum Gasteiger partial charge on any atom is 0.255 e. The van der Waals surface area contributed by atoms with Gasteiger partial charge in [0.1, 0.15) is 17.3 Å². The molecule has 150 valence electrons. The molecule has 3 aromatic rings. The molecule has 29 heavy (non-hydrogen) atoms. The van der Waals surface area contributed by atoms with Crippen molar-refractivity contribution in [3.8, 4) is 11.5 Å². The zero-order valence-corrected chi connectivity index (χ0v) is 17.1. The Morgan fingerprint density at radius 2 is 1.90 bits per heavy atom. The fraction of sp³-hybridized carbons (Fsp3) is 0.217. The molecule has 0 saturated carbocycles. The van der Waals surface area contributed by atoms with Crippen LogP contribution < -0.4 is 19.7 Å². The predicted octanol–water partition coefficient (Wildman–Crippen LogP) is 4.82. The molecule has 1 amide bonds. The van der Waals surface area contributed by atoms with Crippen LogP contribution in [0.4, 0.5) is 17.2 Å². The SMILES string of the molecule is CCN(c1cccc(C)c1)c1cc(C(=O)Nc2cc(OC)ccc2OC)ccn1. The van der Waals surface area contributed by atoms with E-state index in [1.165, 1.54) is 5.56 Å². The van der Waals surface area contributed by atoms with Crippen molar-refractivity contribution in [2.45, 2.75) is 13.8 Å². The van der Waals surface area contributed by atoms with Crippen LogP contribution in [0.25, 0.3) is 0 Å². The molecular weight excluding hydrogens is 366 g/mol. The van der Waals surface area contributed by atoms with Crippen molar-refractivity contribution in [2.24, 2.45) is 0 Å². The van der Waals surface area contributed by atoms with Crippen LogP contribution in [0.5, 0.6) is 11.5 Å². The quantitative estimate of drug-likeness (QED) is 0.626. The number of amides is 1. The first-order valence-corrected chi connectivity index (χ1v) is 9.39. The van der Waals surface area contributed by atoms with Gasteiger partial charge in [0.25, 0.3) is 5.91 Å². The molecule has 0 bridgehead atoms. The standard InChI is InChI=1S/C23H25N3O3/c1-5-26(18-8-6-7-16(2)13-18)22-14-17(11-12-24-22)23(27)25-20-15-19(28-3)9-10-21(20)29-4/h6-15H,5H2,1-4H3,(H,25,27). The van der Waals surface area contributed by atoms with Crippen LogP contribution in [-0.2, 0) is 0 Å². The number of ether oxygens (including phenoxy) is 2. The van der Waals surface area contributed by atoms with Gasteiger partial charge in [0.2, 0.25) is 0 Å². The number of carbonyl (C=O) groups excluding carboxylic acids is 1. The summed E-state index contributed by atoms with van der Waals surface area (Å²) in [4.78, 5) is 19.4. The molecule has 0 fully saturated rings. The molecule has 0 atom stereocenters. The van der Waals surface area contributed by atoms with Crippen molar-refractivity contribution >= 4 is 23.1 Å². The van der Waals surface area contributed by atoms with E-state index < -0.39 is 0 Å². The van der Waals surface area contributed by atoms with Gasteiger partial charge in [-0.05, 0) is 55.8 Å². The van der Waals surface area contributed by atoms with Crippen molar-refractivity contribution in [3.63, 3.8) is 0 Å². The summed E-state index contributed by atoms with van der Waals surface area (Å²) in [6.07, 6.45) is 1.64. The van der Waals surface area contributed by atoms with Crippen LogP contribution in [0.3, 0.4) is 0 Å². The number of benzene rings is 2. The van der Waals surface area contributed by atoms with Crippen molar-refractivity contribution < 1.29 is 14.3 Å². The van der Waals surface area contributed by atoms with E-state index in [0.717, 1.165) is 12.2 Å². The molecule has 6 nitrogen and oxygen atoms in total. The second kappa shape index (κ2) is 9.10. The van der Waals surface area contributed by atoms with Gasteiger partial charge in [0, 0.05) is 30.1 Å². The Labute approximate surface area is 171 Å². The lowest BCUT2D eigenvalue weighted by atomic mass is 10.2. The molecule has 0 aliphatic heterocycles. The van der Waals surface area contributed by atoms with E-state index in [0.29, 0.717) is 28.6 Å². The molecule has 0 radical (unpaired) electrons. The predicted molar refractivity (Wildman–Crippen MR) is 116 cm³/mol. The van der Waals surface area contributed by atoms with Crippen molar-refractivity contribution in [1.82, 2.24) is 4.98 Å². The van der Waals surface area contributed by atoms with Gasteiger partial charge in [0.05, 0.1) is 19.9 Å². The minimum absolute atomic E-state index is 0.250. The second-order valence-electron chi connectivity index (χ2n) is 6.51. The Morgan fingerprint density at radius 1 is 1.07 bits per heavy atom. The lowest BCUT2D eigenvalue weighted by Crippen LogP contribution is -2.19. The zero-order chi connectivity index (χ0) is 20.8. The highest BCUT2D eigenvalue weighted by Gasteiger charge is 2.15. The zero-order valence-electron chi connectivity index (χ0n) is 17.1. The molecule has 1 aromatic heterocycles. The first-order valence-electron chi connectivity index (χ1n) is 9.39. The largest absolute Gasteiger partial charge is 0.497 e. The maximum absolute atomic E-state index is 12.9. The van der Waals surface area contributed by atoms with E-state index in [1.807, 2.05) is 12.1 Å². The summed E-state index contributed by atoms with van der Waals surface area (Å²) in [5.41, 5.74) is 3.25. The van der Waals surface area contributed by atoms with E-state index in [4.69, 9.17) is 9.47 Å². The number of rotatable bonds is 7. The number of methoxy groups -OCH3 is 2. The van der Waals surface area contributed by atoms with Crippen LogP contribution >= 0.6 is 0 Å². The average molecular weight is 391 g/mol. The van der Waals surface area contributed by atoms with Gasteiger partial charge in [-0.2, -0.15) is 0 Å². The molecule has 3 rings (SSSR count). The molecule has 0 saturated heterocycles. The van der Waals surface area contributed by atoms with Crippen LogP contribution in [-0.4, -0.2) is 31.7 Å². The van der Waals surface area contributed by atoms with Crippen LogP contribution in [0, 0.1) is 6.92 Å². The molecule has 1 heterocycles. The number of aromatic nitrogens is 1. The van der Waals surface area contributed by atoms with E-state index >= 15 is 0 Å². The fourth-order valence-corrected chi connectivity index (χ4v) is 3.09. The Hall–Kier alpha value is -3.54. The first kappa shape index (κ1) is 20.2. The monoisotopic (exact) mass is 391 g/mol. The van der Waals surface area contributed by atoms with Crippen LogP contribution in [0.1, 0.15) is 22.8 Å². The fourth-order valence-electron chi connectivity index (χ4n) is 3.09. The van der Waals surface area contributed by atoms with Gasteiger partial charge in [-0.25, -0.2) is 4.98 Å². The Kier molecular flexibility index (Phi) is 6.34. The maximum atomic E-state index is 12.9. The Bertz CT molecular complexity index is 1000. The first-order chi connectivity index (χ1) is 14.0. The van der Waals surface area contributed by atoms with E-state index in [9.17, 15) is 4.79 Å². The number of anilines is 3. The summed E-state index contributed by atoms with van der Waals surface area (Å²) in [7, 11) is 3.14. The van der Waals surface area contributed by atoms with Gasteiger partial charge < -0.3 is 19.7 Å². The summed E-state index contributed by atoms with van der Waals surface area (Å²) < 4.78 is 10.6. The number of hydrogen-bond acceptors (Lipinski definition) is 5. The summed E-state index contributed by atoms with van der Waals surface area (Å²) in [5, 5.41) is 2.90.